The minimum atomic E-state index is 0.401. The van der Waals surface area contributed by atoms with Gasteiger partial charge in [0.1, 0.15) is 0 Å². The third-order valence-corrected chi connectivity index (χ3v) is 5.31. The second-order valence-corrected chi connectivity index (χ2v) is 6.73. The lowest BCUT2D eigenvalue weighted by molar-refractivity contribution is 0.410. The zero-order valence-corrected chi connectivity index (χ0v) is 13.0. The molecule has 1 aliphatic rings. The fourth-order valence-electron chi connectivity index (χ4n) is 3.50. The first-order chi connectivity index (χ1) is 10.3. The molecule has 0 saturated heterocycles. The first kappa shape index (κ1) is 13.1. The molecular weight excluding hydrogens is 276 g/mol. The van der Waals surface area contributed by atoms with E-state index < -0.39 is 0 Å². The summed E-state index contributed by atoms with van der Waals surface area (Å²) in [5.74, 6) is 0. The highest BCUT2D eigenvalue weighted by atomic mass is 32.1. The van der Waals surface area contributed by atoms with Gasteiger partial charge < -0.3 is 10.3 Å². The molecule has 2 N–H and O–H groups in total. The number of para-hydroxylation sites is 1. The maximum absolute atomic E-state index is 3.81. The molecule has 2 unspecified atom stereocenters. The third kappa shape index (κ3) is 2.30. The van der Waals surface area contributed by atoms with Gasteiger partial charge in [0.2, 0.25) is 0 Å². The van der Waals surface area contributed by atoms with Crippen LogP contribution in [-0.4, -0.2) is 4.98 Å². The quantitative estimate of drug-likeness (QED) is 0.702. The van der Waals surface area contributed by atoms with Crippen molar-refractivity contribution in [3.63, 3.8) is 0 Å². The number of benzene rings is 1. The number of hydrogen-bond donors (Lipinski definition) is 2. The Morgan fingerprint density at radius 1 is 1.29 bits per heavy atom. The maximum Gasteiger partial charge on any atom is 0.0480 e. The summed E-state index contributed by atoms with van der Waals surface area (Å²) in [5, 5.41) is 9.62. The first-order valence-corrected chi connectivity index (χ1v) is 8.65. The van der Waals surface area contributed by atoms with Gasteiger partial charge in [0.15, 0.2) is 0 Å². The summed E-state index contributed by atoms with van der Waals surface area (Å²) in [7, 11) is 0. The summed E-state index contributed by atoms with van der Waals surface area (Å²) in [4.78, 5) is 3.66. The number of nitrogens with one attached hydrogen (secondary N) is 2. The van der Waals surface area contributed by atoms with Gasteiger partial charge in [-0.1, -0.05) is 18.2 Å². The average molecular weight is 296 g/mol. The molecule has 108 valence electrons. The Morgan fingerprint density at radius 3 is 3.05 bits per heavy atom. The Kier molecular flexibility index (Phi) is 3.32. The van der Waals surface area contributed by atoms with Crippen LogP contribution in [-0.2, 0) is 6.42 Å². The zero-order chi connectivity index (χ0) is 14.2. The summed E-state index contributed by atoms with van der Waals surface area (Å²) in [6.45, 7) is 2.26. The predicted molar refractivity (Wildman–Crippen MR) is 89.8 cm³/mol. The van der Waals surface area contributed by atoms with Crippen LogP contribution in [0.3, 0.4) is 0 Å². The summed E-state index contributed by atoms with van der Waals surface area (Å²) in [6.07, 6.45) is 3.68. The lowest BCUT2D eigenvalue weighted by Crippen LogP contribution is -2.27. The molecule has 3 aromatic rings. The van der Waals surface area contributed by atoms with E-state index in [9.17, 15) is 0 Å². The van der Waals surface area contributed by atoms with Crippen LogP contribution < -0.4 is 5.32 Å². The van der Waals surface area contributed by atoms with Gasteiger partial charge in [0, 0.05) is 28.7 Å². The van der Waals surface area contributed by atoms with Gasteiger partial charge in [-0.15, -0.1) is 0 Å². The number of thiophene rings is 1. The highest BCUT2D eigenvalue weighted by Crippen LogP contribution is 2.36. The van der Waals surface area contributed by atoms with Gasteiger partial charge in [0.05, 0.1) is 0 Å². The molecule has 1 aliphatic carbocycles. The second-order valence-electron chi connectivity index (χ2n) is 5.95. The lowest BCUT2D eigenvalue weighted by atomic mass is 9.91. The molecule has 0 spiro atoms. The zero-order valence-electron chi connectivity index (χ0n) is 12.2. The highest BCUT2D eigenvalue weighted by molar-refractivity contribution is 7.07. The normalized spacial score (nSPS) is 19.6. The fraction of sp³-hybridized carbons (Fsp3) is 0.333. The number of aromatic amines is 1. The van der Waals surface area contributed by atoms with Crippen LogP contribution in [0.4, 0.5) is 0 Å². The van der Waals surface area contributed by atoms with Crippen molar-refractivity contribution in [1.29, 1.82) is 0 Å². The van der Waals surface area contributed by atoms with E-state index in [4.69, 9.17) is 0 Å². The number of hydrogen-bond acceptors (Lipinski definition) is 2. The molecule has 0 fully saturated rings. The van der Waals surface area contributed by atoms with Crippen molar-refractivity contribution in [3.05, 3.63) is 57.9 Å². The molecule has 3 heteroatoms. The van der Waals surface area contributed by atoms with Crippen LogP contribution in [0, 0.1) is 0 Å². The topological polar surface area (TPSA) is 27.8 Å². The Hall–Kier alpha value is -1.58. The summed E-state index contributed by atoms with van der Waals surface area (Å²) in [5.41, 5.74) is 5.60. The largest absolute Gasteiger partial charge is 0.357 e. The monoisotopic (exact) mass is 296 g/mol. The number of rotatable bonds is 3. The molecule has 2 atom stereocenters. The average Bonchev–Trinajstić information content (AvgIpc) is 3.15. The van der Waals surface area contributed by atoms with Crippen molar-refractivity contribution < 1.29 is 0 Å². The molecule has 1 aromatic carbocycles. The molecule has 4 rings (SSSR count). The molecule has 2 nitrogen and oxygen atoms in total. The van der Waals surface area contributed by atoms with Crippen LogP contribution in [0.1, 0.15) is 48.7 Å². The number of fused-ring (bicyclic) bond motifs is 3. The Bertz CT molecular complexity index is 742. The predicted octanol–water partition coefficient (Wildman–Crippen LogP) is 4.96. The second kappa shape index (κ2) is 5.32. The van der Waals surface area contributed by atoms with E-state index in [0.717, 1.165) is 0 Å². The van der Waals surface area contributed by atoms with E-state index in [0.29, 0.717) is 12.1 Å². The van der Waals surface area contributed by atoms with Crippen LogP contribution in [0.2, 0.25) is 0 Å². The molecule has 0 amide bonds. The van der Waals surface area contributed by atoms with E-state index in [1.54, 1.807) is 11.3 Å². The summed E-state index contributed by atoms with van der Waals surface area (Å²) < 4.78 is 0. The fourth-order valence-corrected chi connectivity index (χ4v) is 4.26. The standard InChI is InChI=1S/C18H20N2S/c1-12(13-9-10-21-11-13)19-17-8-4-6-15-14-5-2-3-7-16(14)20-18(15)17/h2-3,5,7,9-12,17,19-20H,4,6,8H2,1H3. The lowest BCUT2D eigenvalue weighted by Gasteiger charge is -2.27. The minimum absolute atomic E-state index is 0.401. The Labute approximate surface area is 129 Å². The SMILES string of the molecule is CC(NC1CCCc2c1[nH]c1ccccc21)c1ccsc1. The van der Waals surface area contributed by atoms with Gasteiger partial charge in [-0.2, -0.15) is 11.3 Å². The maximum atomic E-state index is 3.81. The molecule has 0 radical (unpaired) electrons. The molecule has 0 aliphatic heterocycles. The van der Waals surface area contributed by atoms with E-state index in [1.165, 1.54) is 47.0 Å². The molecule has 2 heterocycles. The van der Waals surface area contributed by atoms with E-state index in [-0.39, 0.29) is 0 Å². The number of aryl methyl sites for hydroxylation is 1. The summed E-state index contributed by atoms with van der Waals surface area (Å²) >= 11 is 1.77. The van der Waals surface area contributed by atoms with Crippen molar-refractivity contribution in [2.75, 3.05) is 0 Å². The van der Waals surface area contributed by atoms with Crippen molar-refractivity contribution >= 4 is 22.2 Å². The summed E-state index contributed by atoms with van der Waals surface area (Å²) in [6, 6.07) is 11.7. The van der Waals surface area contributed by atoms with E-state index >= 15 is 0 Å². The van der Waals surface area contributed by atoms with Gasteiger partial charge in [-0.05, 0) is 60.2 Å². The van der Waals surface area contributed by atoms with Crippen LogP contribution in [0.5, 0.6) is 0 Å². The van der Waals surface area contributed by atoms with E-state index in [2.05, 4.69) is 58.3 Å². The van der Waals surface area contributed by atoms with Crippen molar-refractivity contribution in [2.24, 2.45) is 0 Å². The molecule has 21 heavy (non-hydrogen) atoms. The van der Waals surface area contributed by atoms with Gasteiger partial charge in [-0.25, -0.2) is 0 Å². The molecule has 0 saturated carbocycles. The number of aromatic nitrogens is 1. The first-order valence-electron chi connectivity index (χ1n) is 7.70. The van der Waals surface area contributed by atoms with Crippen LogP contribution in [0.25, 0.3) is 10.9 Å². The Morgan fingerprint density at radius 2 is 2.19 bits per heavy atom. The van der Waals surface area contributed by atoms with Crippen LogP contribution >= 0.6 is 11.3 Å². The third-order valence-electron chi connectivity index (χ3n) is 4.61. The highest BCUT2D eigenvalue weighted by Gasteiger charge is 2.25. The Balaban J connectivity index is 1.67. The number of H-pyrrole nitrogens is 1. The smallest absolute Gasteiger partial charge is 0.0480 e. The molecule has 2 aromatic heterocycles. The van der Waals surface area contributed by atoms with Crippen molar-refractivity contribution in [1.82, 2.24) is 10.3 Å². The van der Waals surface area contributed by atoms with Crippen LogP contribution in [0.15, 0.2) is 41.1 Å². The van der Waals surface area contributed by atoms with Crippen molar-refractivity contribution in [2.45, 2.75) is 38.3 Å². The van der Waals surface area contributed by atoms with Crippen molar-refractivity contribution in [3.8, 4) is 0 Å². The minimum Gasteiger partial charge on any atom is -0.357 e. The molecule has 0 bridgehead atoms. The van der Waals surface area contributed by atoms with Gasteiger partial charge >= 0.3 is 0 Å². The molecular formula is C18H20N2S. The van der Waals surface area contributed by atoms with E-state index in [1.807, 2.05) is 0 Å². The van der Waals surface area contributed by atoms with Gasteiger partial charge in [-0.3, -0.25) is 0 Å². The van der Waals surface area contributed by atoms with Gasteiger partial charge in [0.25, 0.3) is 0 Å².